The summed E-state index contributed by atoms with van der Waals surface area (Å²) in [4.78, 5) is 21.7. The molecule has 3 aliphatic rings. The molecule has 1 amide bonds. The molecule has 0 radical (unpaired) electrons. The van der Waals surface area contributed by atoms with E-state index in [-0.39, 0.29) is 5.91 Å². The molecule has 152 valence electrons. The quantitative estimate of drug-likeness (QED) is 0.838. The Kier molecular flexibility index (Phi) is 4.59. The Morgan fingerprint density at radius 3 is 2.70 bits per heavy atom. The van der Waals surface area contributed by atoms with E-state index in [1.165, 1.54) is 0 Å². The summed E-state index contributed by atoms with van der Waals surface area (Å²) in [5.74, 6) is -0.0827. The van der Waals surface area contributed by atoms with Gasteiger partial charge in [-0.3, -0.25) is 14.7 Å². The molecule has 5 heterocycles. The number of hydrogen-bond donors (Lipinski definition) is 1. The fraction of sp³-hybridized carbons (Fsp3) is 0.261. The third-order valence-corrected chi connectivity index (χ3v) is 5.56. The predicted molar refractivity (Wildman–Crippen MR) is 116 cm³/mol. The third kappa shape index (κ3) is 3.37. The van der Waals surface area contributed by atoms with Gasteiger partial charge >= 0.3 is 0 Å². The minimum atomic E-state index is -0.0827. The first-order valence-electron chi connectivity index (χ1n) is 10.2. The highest BCUT2D eigenvalue weighted by Crippen LogP contribution is 2.25. The largest absolute Gasteiger partial charge is 0.368 e. The van der Waals surface area contributed by atoms with Gasteiger partial charge in [0.25, 0.3) is 5.91 Å². The van der Waals surface area contributed by atoms with Gasteiger partial charge in [-0.15, -0.1) is 0 Å². The SMILES string of the molecule is Cc1cn2nc(C3=CC(=O)N4C=C(N5CCNCC5)C=C/C4=C\C=C3)cc2c(C)n1. The van der Waals surface area contributed by atoms with E-state index in [1.54, 1.807) is 11.0 Å². The van der Waals surface area contributed by atoms with Gasteiger partial charge in [0, 0.05) is 49.7 Å². The van der Waals surface area contributed by atoms with Crippen LogP contribution in [0, 0.1) is 13.8 Å². The summed E-state index contributed by atoms with van der Waals surface area (Å²) in [6, 6.07) is 1.98. The maximum absolute atomic E-state index is 13.2. The summed E-state index contributed by atoms with van der Waals surface area (Å²) in [6.07, 6.45) is 15.4. The van der Waals surface area contributed by atoms with Crippen LogP contribution in [0.2, 0.25) is 0 Å². The number of aromatic nitrogens is 3. The molecule has 1 saturated heterocycles. The normalized spacial score (nSPS) is 21.0. The lowest BCUT2D eigenvalue weighted by atomic mass is 10.1. The van der Waals surface area contributed by atoms with Crippen molar-refractivity contribution in [3.63, 3.8) is 0 Å². The molecule has 0 aliphatic carbocycles. The molecule has 0 bridgehead atoms. The molecule has 3 aliphatic heterocycles. The summed E-state index contributed by atoms with van der Waals surface area (Å²) in [5, 5.41) is 8.04. The van der Waals surface area contributed by atoms with E-state index in [1.807, 2.05) is 61.1 Å². The molecule has 0 saturated carbocycles. The van der Waals surface area contributed by atoms with Crippen LogP contribution < -0.4 is 5.32 Å². The standard InChI is InChI=1S/C23H24N6O/c1-16-14-29-22(17(2)25-16)13-21(26-29)18-4-3-5-19-6-7-20(15-28(19)23(30)12-18)27-10-8-24-9-11-27/h3-7,12-15,24H,8-11H2,1-2H3/b4-3?,18-12?,19-5+. The molecule has 30 heavy (non-hydrogen) atoms. The summed E-state index contributed by atoms with van der Waals surface area (Å²) >= 11 is 0. The first-order valence-corrected chi connectivity index (χ1v) is 10.2. The Morgan fingerprint density at radius 2 is 1.87 bits per heavy atom. The second kappa shape index (κ2) is 7.42. The summed E-state index contributed by atoms with van der Waals surface area (Å²) in [5.41, 5.74) is 6.22. The van der Waals surface area contributed by atoms with Crippen LogP contribution in [0.3, 0.4) is 0 Å². The highest BCUT2D eigenvalue weighted by atomic mass is 16.2. The van der Waals surface area contributed by atoms with Gasteiger partial charge in [0.15, 0.2) is 0 Å². The number of fused-ring (bicyclic) bond motifs is 2. The Bertz CT molecular complexity index is 1170. The second-order valence-corrected chi connectivity index (χ2v) is 7.71. The molecule has 1 fully saturated rings. The maximum Gasteiger partial charge on any atom is 0.255 e. The molecule has 0 unspecified atom stereocenters. The van der Waals surface area contributed by atoms with E-state index in [2.05, 4.69) is 26.4 Å². The first kappa shape index (κ1) is 18.6. The second-order valence-electron chi connectivity index (χ2n) is 7.71. The topological polar surface area (TPSA) is 65.8 Å². The van der Waals surface area contributed by atoms with Crippen molar-refractivity contribution in [3.8, 4) is 0 Å². The number of amides is 1. The van der Waals surface area contributed by atoms with Crippen LogP contribution in [0.4, 0.5) is 0 Å². The zero-order valence-corrected chi connectivity index (χ0v) is 17.2. The number of piperazine rings is 1. The van der Waals surface area contributed by atoms with Crippen molar-refractivity contribution >= 4 is 17.0 Å². The van der Waals surface area contributed by atoms with Crippen molar-refractivity contribution in [3.05, 3.63) is 83.4 Å². The zero-order valence-electron chi connectivity index (χ0n) is 17.2. The minimum Gasteiger partial charge on any atom is -0.368 e. The summed E-state index contributed by atoms with van der Waals surface area (Å²) in [7, 11) is 0. The zero-order chi connectivity index (χ0) is 20.7. The average molecular weight is 400 g/mol. The van der Waals surface area contributed by atoms with E-state index in [0.29, 0.717) is 0 Å². The van der Waals surface area contributed by atoms with Crippen LogP contribution in [0.25, 0.3) is 11.1 Å². The molecule has 0 aromatic carbocycles. The van der Waals surface area contributed by atoms with Crippen molar-refractivity contribution in [2.24, 2.45) is 0 Å². The molecule has 7 nitrogen and oxygen atoms in total. The van der Waals surface area contributed by atoms with Gasteiger partial charge in [-0.25, -0.2) is 4.52 Å². The van der Waals surface area contributed by atoms with Crippen molar-refractivity contribution < 1.29 is 4.79 Å². The van der Waals surface area contributed by atoms with Crippen LogP contribution in [0.15, 0.2) is 66.3 Å². The summed E-state index contributed by atoms with van der Waals surface area (Å²) < 4.78 is 1.83. The lowest BCUT2D eigenvalue weighted by molar-refractivity contribution is -0.122. The smallest absolute Gasteiger partial charge is 0.255 e. The van der Waals surface area contributed by atoms with E-state index in [9.17, 15) is 4.79 Å². The fourth-order valence-electron chi connectivity index (χ4n) is 4.03. The monoisotopic (exact) mass is 400 g/mol. The highest BCUT2D eigenvalue weighted by Gasteiger charge is 2.22. The highest BCUT2D eigenvalue weighted by molar-refractivity contribution is 5.99. The van der Waals surface area contributed by atoms with E-state index >= 15 is 0 Å². The molecular formula is C23H24N6O. The fourth-order valence-corrected chi connectivity index (χ4v) is 4.03. The molecule has 7 heteroatoms. The molecule has 2 aromatic rings. The Labute approximate surface area is 175 Å². The minimum absolute atomic E-state index is 0.0827. The number of nitrogens with one attached hydrogen (secondary N) is 1. The predicted octanol–water partition coefficient (Wildman–Crippen LogP) is 2.33. The molecule has 0 spiro atoms. The summed E-state index contributed by atoms with van der Waals surface area (Å²) in [6.45, 7) is 7.70. The van der Waals surface area contributed by atoms with Crippen LogP contribution in [0.5, 0.6) is 0 Å². The van der Waals surface area contributed by atoms with Crippen molar-refractivity contribution in [2.45, 2.75) is 13.8 Å². The number of nitrogens with zero attached hydrogens (tertiary/aromatic N) is 5. The van der Waals surface area contributed by atoms with Gasteiger partial charge in [-0.1, -0.05) is 12.2 Å². The van der Waals surface area contributed by atoms with E-state index in [4.69, 9.17) is 0 Å². The molecule has 0 atom stereocenters. The number of carbonyl (C=O) groups is 1. The van der Waals surface area contributed by atoms with Gasteiger partial charge in [0.2, 0.25) is 0 Å². The molecular weight excluding hydrogens is 376 g/mol. The van der Waals surface area contributed by atoms with Crippen LogP contribution in [-0.2, 0) is 4.79 Å². The molecule has 2 aromatic heterocycles. The number of rotatable bonds is 2. The lowest BCUT2D eigenvalue weighted by Crippen LogP contribution is -2.43. The van der Waals surface area contributed by atoms with Gasteiger partial charge in [0.1, 0.15) is 0 Å². The van der Waals surface area contributed by atoms with Gasteiger partial charge in [-0.2, -0.15) is 5.10 Å². The lowest BCUT2D eigenvalue weighted by Gasteiger charge is -2.33. The number of aryl methyl sites for hydroxylation is 2. The van der Waals surface area contributed by atoms with Crippen LogP contribution in [0.1, 0.15) is 17.1 Å². The first-order chi connectivity index (χ1) is 14.6. The maximum atomic E-state index is 13.2. The van der Waals surface area contributed by atoms with Crippen molar-refractivity contribution in [2.75, 3.05) is 26.2 Å². The number of carbonyl (C=O) groups excluding carboxylic acids is 1. The van der Waals surface area contributed by atoms with Crippen molar-refractivity contribution in [1.29, 1.82) is 0 Å². The van der Waals surface area contributed by atoms with E-state index in [0.717, 1.165) is 65.7 Å². The van der Waals surface area contributed by atoms with Crippen LogP contribution in [-0.4, -0.2) is 56.5 Å². The van der Waals surface area contributed by atoms with Gasteiger partial charge < -0.3 is 10.2 Å². The van der Waals surface area contributed by atoms with Gasteiger partial charge in [0.05, 0.1) is 34.5 Å². The number of allylic oxidation sites excluding steroid dienone is 6. The molecule has 5 rings (SSSR count). The molecule has 1 N–H and O–H groups in total. The third-order valence-electron chi connectivity index (χ3n) is 5.56. The Balaban J connectivity index is 1.50. The average Bonchev–Trinajstić information content (AvgIpc) is 3.16. The number of hydrogen-bond acceptors (Lipinski definition) is 5. The Morgan fingerprint density at radius 1 is 1.07 bits per heavy atom. The van der Waals surface area contributed by atoms with Crippen molar-refractivity contribution in [1.82, 2.24) is 29.7 Å². The van der Waals surface area contributed by atoms with E-state index < -0.39 is 0 Å². The van der Waals surface area contributed by atoms with Crippen LogP contribution >= 0.6 is 0 Å². The van der Waals surface area contributed by atoms with Gasteiger partial charge in [-0.05, 0) is 38.1 Å². The Hall–Kier alpha value is -3.45.